The highest BCUT2D eigenvalue weighted by atomic mass is 32.1. The summed E-state index contributed by atoms with van der Waals surface area (Å²) < 4.78 is 23.4. The maximum atomic E-state index is 14.3. The molecule has 0 radical (unpaired) electrons. The van der Waals surface area contributed by atoms with Crippen LogP contribution in [-0.4, -0.2) is 60.7 Å². The second kappa shape index (κ2) is 10.5. The average Bonchev–Trinajstić information content (AvgIpc) is 3.58. The zero-order valence-electron chi connectivity index (χ0n) is 22.3. The molecule has 3 aromatic rings. The van der Waals surface area contributed by atoms with Crippen LogP contribution in [0.1, 0.15) is 53.3 Å². The number of amides is 1. The van der Waals surface area contributed by atoms with E-state index in [2.05, 4.69) is 4.98 Å². The molecule has 10 nitrogen and oxygen atoms in total. The number of para-hydroxylation sites is 1. The molecule has 0 unspecified atom stereocenters. The summed E-state index contributed by atoms with van der Waals surface area (Å²) in [6.07, 6.45) is 3.74. The van der Waals surface area contributed by atoms with E-state index in [0.29, 0.717) is 45.9 Å². The monoisotopic (exact) mass is 566 g/mol. The van der Waals surface area contributed by atoms with Crippen LogP contribution in [0.5, 0.6) is 5.75 Å². The van der Waals surface area contributed by atoms with Crippen LogP contribution >= 0.6 is 11.3 Å². The maximum absolute atomic E-state index is 14.3. The Labute approximate surface area is 234 Å². The number of oxazole rings is 1. The number of carbonyl (C=O) groups is 3. The number of rotatable bonds is 8. The zero-order valence-corrected chi connectivity index (χ0v) is 23.1. The first-order valence-corrected chi connectivity index (χ1v) is 14.1. The van der Waals surface area contributed by atoms with E-state index in [9.17, 15) is 19.5 Å². The van der Waals surface area contributed by atoms with Gasteiger partial charge in [0.15, 0.2) is 5.78 Å². The number of thiophene rings is 1. The van der Waals surface area contributed by atoms with Gasteiger partial charge in [-0.15, -0.1) is 11.3 Å². The summed E-state index contributed by atoms with van der Waals surface area (Å²) in [7, 11) is 1.59. The predicted molar refractivity (Wildman–Crippen MR) is 145 cm³/mol. The maximum Gasteiger partial charge on any atom is 0.306 e. The lowest BCUT2D eigenvalue weighted by Crippen LogP contribution is -2.60. The van der Waals surface area contributed by atoms with Crippen LogP contribution in [-0.2, 0) is 19.1 Å². The Bertz CT molecular complexity index is 1440. The van der Waals surface area contributed by atoms with Crippen molar-refractivity contribution >= 4 is 34.0 Å². The normalized spacial score (nSPS) is 23.6. The standard InChI is InChI=1S/C29H30N2O8S/c1-16-22-24(32)29(13-17(14-29)27(33)34)28(35)31(26(22)40-23(16)25-30-9-12-38-25)15-21(39-18-7-10-37-11-8-18)19-5-3-4-6-20(19)36-2/h3-6,9,12,17-18,21H,7-8,10-11,13-15H2,1-2H3,(H,33,34)/t17?,21-,29?/m0/s1. The molecule has 1 aliphatic carbocycles. The van der Waals surface area contributed by atoms with Crippen molar-refractivity contribution < 1.29 is 38.1 Å². The van der Waals surface area contributed by atoms with Crippen LogP contribution in [0, 0.1) is 18.3 Å². The molecule has 2 fully saturated rings. The van der Waals surface area contributed by atoms with E-state index in [1.807, 2.05) is 31.2 Å². The third-order valence-electron chi connectivity index (χ3n) is 8.21. The molecule has 1 spiro atoms. The van der Waals surface area contributed by atoms with Crippen LogP contribution in [0.2, 0.25) is 0 Å². The molecule has 1 saturated heterocycles. The van der Waals surface area contributed by atoms with E-state index in [0.717, 1.165) is 18.4 Å². The fourth-order valence-electron chi connectivity index (χ4n) is 6.02. The fourth-order valence-corrected chi connectivity index (χ4v) is 7.27. The zero-order chi connectivity index (χ0) is 28.0. The van der Waals surface area contributed by atoms with Crippen molar-refractivity contribution in [2.24, 2.45) is 11.3 Å². The smallest absolute Gasteiger partial charge is 0.306 e. The number of ether oxygens (including phenoxy) is 3. The second-order valence-corrected chi connectivity index (χ2v) is 11.5. The number of Topliss-reactive ketones (excluding diaryl/α,β-unsaturated/α-hetero) is 1. The first-order valence-electron chi connectivity index (χ1n) is 13.3. The summed E-state index contributed by atoms with van der Waals surface area (Å²) >= 11 is 1.28. The van der Waals surface area contributed by atoms with Crippen molar-refractivity contribution in [2.75, 3.05) is 31.8 Å². The number of hydrogen-bond acceptors (Lipinski definition) is 9. The lowest BCUT2D eigenvalue weighted by molar-refractivity contribution is -0.152. The summed E-state index contributed by atoms with van der Waals surface area (Å²) in [5.41, 5.74) is 0.462. The minimum absolute atomic E-state index is 0.0281. The molecule has 40 heavy (non-hydrogen) atoms. The van der Waals surface area contributed by atoms with Gasteiger partial charge in [-0.3, -0.25) is 19.3 Å². The van der Waals surface area contributed by atoms with E-state index in [1.165, 1.54) is 23.8 Å². The average molecular weight is 567 g/mol. The number of hydrogen-bond donors (Lipinski definition) is 1. The molecule has 6 rings (SSSR count). The Balaban J connectivity index is 1.44. The highest BCUT2D eigenvalue weighted by Crippen LogP contribution is 2.57. The molecular weight excluding hydrogens is 536 g/mol. The Morgan fingerprint density at radius 2 is 2.00 bits per heavy atom. The lowest BCUT2D eigenvalue weighted by Gasteiger charge is -2.48. The van der Waals surface area contributed by atoms with Crippen LogP contribution in [0.15, 0.2) is 41.1 Å². The molecule has 0 bridgehead atoms. The number of fused-ring (bicyclic) bond motifs is 1. The summed E-state index contributed by atoms with van der Waals surface area (Å²) in [5.74, 6) is -1.47. The molecule has 1 amide bonds. The SMILES string of the molecule is COc1ccccc1[C@H](CN1C(=O)C2(CC(C(=O)O)C2)C(=O)c2c1sc(-c1ncco1)c2C)OC1CCOCC1. The first kappa shape index (κ1) is 26.7. The molecule has 1 saturated carbocycles. The van der Waals surface area contributed by atoms with E-state index in [-0.39, 0.29) is 31.3 Å². The van der Waals surface area contributed by atoms with E-state index >= 15 is 0 Å². The number of benzene rings is 1. The van der Waals surface area contributed by atoms with Gasteiger partial charge in [-0.1, -0.05) is 18.2 Å². The van der Waals surface area contributed by atoms with Gasteiger partial charge in [0.2, 0.25) is 11.8 Å². The Morgan fingerprint density at radius 3 is 2.67 bits per heavy atom. The van der Waals surface area contributed by atoms with Crippen molar-refractivity contribution in [3.05, 3.63) is 53.4 Å². The van der Waals surface area contributed by atoms with Gasteiger partial charge < -0.3 is 23.7 Å². The molecule has 1 atom stereocenters. The highest BCUT2D eigenvalue weighted by Gasteiger charge is 2.63. The van der Waals surface area contributed by atoms with E-state index < -0.39 is 29.3 Å². The van der Waals surface area contributed by atoms with Crippen LogP contribution < -0.4 is 9.64 Å². The molecule has 11 heteroatoms. The molecule has 4 heterocycles. The Hall–Kier alpha value is -3.54. The number of aliphatic carboxylic acids is 1. The topological polar surface area (TPSA) is 128 Å². The molecule has 1 aromatic carbocycles. The lowest BCUT2D eigenvalue weighted by atomic mass is 9.56. The van der Waals surface area contributed by atoms with Crippen molar-refractivity contribution in [1.82, 2.24) is 4.98 Å². The minimum Gasteiger partial charge on any atom is -0.496 e. The molecule has 2 aromatic heterocycles. The molecule has 3 aliphatic rings. The number of ketones is 1. The fraction of sp³-hybridized carbons (Fsp3) is 0.448. The summed E-state index contributed by atoms with van der Waals surface area (Å²) in [6, 6.07) is 7.54. The molecule has 2 aliphatic heterocycles. The van der Waals surface area contributed by atoms with Crippen molar-refractivity contribution in [1.29, 1.82) is 0 Å². The third kappa shape index (κ3) is 4.32. The minimum atomic E-state index is -1.42. The molecule has 1 N–H and O–H groups in total. The van der Waals surface area contributed by atoms with Crippen LogP contribution in [0.25, 0.3) is 10.8 Å². The number of methoxy groups -OCH3 is 1. The van der Waals surface area contributed by atoms with Gasteiger partial charge in [-0.25, -0.2) is 4.98 Å². The van der Waals surface area contributed by atoms with Gasteiger partial charge in [-0.05, 0) is 44.2 Å². The largest absolute Gasteiger partial charge is 0.496 e. The third-order valence-corrected chi connectivity index (χ3v) is 9.52. The van der Waals surface area contributed by atoms with Gasteiger partial charge >= 0.3 is 5.97 Å². The van der Waals surface area contributed by atoms with E-state index in [1.54, 1.807) is 12.0 Å². The van der Waals surface area contributed by atoms with Crippen molar-refractivity contribution in [3.8, 4) is 16.5 Å². The predicted octanol–water partition coefficient (Wildman–Crippen LogP) is 4.67. The number of aromatic nitrogens is 1. The van der Waals surface area contributed by atoms with Crippen LogP contribution in [0.3, 0.4) is 0 Å². The number of nitrogens with zero attached hydrogens (tertiary/aromatic N) is 2. The van der Waals surface area contributed by atoms with Crippen LogP contribution in [0.4, 0.5) is 5.00 Å². The quantitative estimate of drug-likeness (QED) is 0.387. The van der Waals surface area contributed by atoms with Gasteiger partial charge in [-0.2, -0.15) is 0 Å². The van der Waals surface area contributed by atoms with Crippen molar-refractivity contribution in [3.63, 3.8) is 0 Å². The molecule has 210 valence electrons. The summed E-state index contributed by atoms with van der Waals surface area (Å²) in [6.45, 7) is 3.13. The number of anilines is 1. The van der Waals surface area contributed by atoms with E-state index in [4.69, 9.17) is 18.6 Å². The second-order valence-electron chi connectivity index (χ2n) is 10.5. The summed E-state index contributed by atoms with van der Waals surface area (Å²) in [5, 5.41) is 10.1. The van der Waals surface area contributed by atoms with Crippen molar-refractivity contribution in [2.45, 2.75) is 44.8 Å². The summed E-state index contributed by atoms with van der Waals surface area (Å²) in [4.78, 5) is 46.5. The molecular formula is C29H30N2O8S. The number of carboxylic acid groups (broad SMARTS) is 1. The van der Waals surface area contributed by atoms with Gasteiger partial charge in [0.1, 0.15) is 28.5 Å². The Kier molecular flexibility index (Phi) is 6.97. The van der Waals surface area contributed by atoms with Gasteiger partial charge in [0.05, 0.1) is 42.3 Å². The Morgan fingerprint density at radius 1 is 1.25 bits per heavy atom. The first-order chi connectivity index (χ1) is 19.3. The highest BCUT2D eigenvalue weighted by molar-refractivity contribution is 7.20. The number of carbonyl (C=O) groups excluding carboxylic acids is 2. The van der Waals surface area contributed by atoms with Gasteiger partial charge in [0.25, 0.3) is 0 Å². The van der Waals surface area contributed by atoms with Gasteiger partial charge in [0, 0.05) is 18.8 Å². The number of carboxylic acids is 1.